The van der Waals surface area contributed by atoms with Crippen LogP contribution in [0, 0.1) is 0 Å². The molecule has 3 nitrogen and oxygen atoms in total. The quantitative estimate of drug-likeness (QED) is 0.832. The largest absolute Gasteiger partial charge is 0.352 e. The molecule has 0 aliphatic carbocycles. The number of benzene rings is 1. The summed E-state index contributed by atoms with van der Waals surface area (Å²) >= 11 is 0. The lowest BCUT2D eigenvalue weighted by Crippen LogP contribution is -2.46. The molecule has 1 aromatic carbocycles. The minimum absolute atomic E-state index is 0.0712. The predicted octanol–water partition coefficient (Wildman–Crippen LogP) is 1.66. The first-order valence-corrected chi connectivity index (χ1v) is 6.33. The summed E-state index contributed by atoms with van der Waals surface area (Å²) in [6.45, 7) is 3.93. The maximum Gasteiger partial charge on any atom is 0.227 e. The van der Waals surface area contributed by atoms with Crippen molar-refractivity contribution in [1.82, 2.24) is 10.6 Å². The summed E-state index contributed by atoms with van der Waals surface area (Å²) < 4.78 is 0. The molecular formula is C14H20N2O. The van der Waals surface area contributed by atoms with Crippen molar-refractivity contribution in [3.63, 3.8) is 0 Å². The summed E-state index contributed by atoms with van der Waals surface area (Å²) in [6.07, 6.45) is 2.23. The number of amides is 1. The first kappa shape index (κ1) is 12.1. The molecule has 1 heterocycles. The van der Waals surface area contributed by atoms with Gasteiger partial charge >= 0.3 is 0 Å². The van der Waals surface area contributed by atoms with E-state index in [0.717, 1.165) is 31.5 Å². The van der Waals surface area contributed by atoms with Crippen LogP contribution in [0.1, 0.15) is 31.2 Å². The summed E-state index contributed by atoms with van der Waals surface area (Å²) in [7, 11) is 0. The highest BCUT2D eigenvalue weighted by atomic mass is 16.1. The molecule has 0 aromatic heterocycles. The normalized spacial score (nSPS) is 21.8. The van der Waals surface area contributed by atoms with Crippen LogP contribution in [-0.4, -0.2) is 25.0 Å². The monoisotopic (exact) mass is 232 g/mol. The van der Waals surface area contributed by atoms with Gasteiger partial charge in [-0.15, -0.1) is 0 Å². The second kappa shape index (κ2) is 5.82. The van der Waals surface area contributed by atoms with Crippen LogP contribution in [0.25, 0.3) is 0 Å². The van der Waals surface area contributed by atoms with E-state index in [9.17, 15) is 4.79 Å². The van der Waals surface area contributed by atoms with Gasteiger partial charge in [-0.05, 0) is 31.9 Å². The van der Waals surface area contributed by atoms with Crippen LogP contribution in [-0.2, 0) is 4.79 Å². The van der Waals surface area contributed by atoms with Gasteiger partial charge in [-0.2, -0.15) is 0 Å². The topological polar surface area (TPSA) is 41.1 Å². The van der Waals surface area contributed by atoms with Gasteiger partial charge in [-0.1, -0.05) is 30.3 Å². The highest BCUT2D eigenvalue weighted by Crippen LogP contribution is 2.15. The lowest BCUT2D eigenvalue weighted by Gasteiger charge is -2.25. The summed E-state index contributed by atoms with van der Waals surface area (Å²) in [6, 6.07) is 10.2. The maximum absolute atomic E-state index is 12.1. The first-order valence-electron chi connectivity index (χ1n) is 6.33. The summed E-state index contributed by atoms with van der Waals surface area (Å²) in [5, 5.41) is 6.42. The highest BCUT2D eigenvalue weighted by Gasteiger charge is 2.20. The molecule has 0 bridgehead atoms. The predicted molar refractivity (Wildman–Crippen MR) is 68.9 cm³/mol. The van der Waals surface area contributed by atoms with Crippen LogP contribution in [0.4, 0.5) is 0 Å². The Balaban J connectivity index is 1.91. The summed E-state index contributed by atoms with van der Waals surface area (Å²) in [5.41, 5.74) is 1.08. The van der Waals surface area contributed by atoms with Gasteiger partial charge in [-0.3, -0.25) is 4.79 Å². The van der Waals surface area contributed by atoms with Crippen LogP contribution in [0.3, 0.4) is 0 Å². The zero-order valence-corrected chi connectivity index (χ0v) is 10.3. The Hall–Kier alpha value is -1.35. The molecular weight excluding hydrogens is 212 g/mol. The Bertz CT molecular complexity index is 358. The fourth-order valence-electron chi connectivity index (χ4n) is 2.19. The van der Waals surface area contributed by atoms with E-state index in [1.54, 1.807) is 0 Å². The molecule has 1 aliphatic rings. The van der Waals surface area contributed by atoms with Crippen molar-refractivity contribution in [2.75, 3.05) is 13.1 Å². The standard InChI is InChI=1S/C14H20N2O/c1-11(12-6-3-2-4-7-12)14(17)16-13-8-5-9-15-10-13/h2-4,6-7,11,13,15H,5,8-10H2,1H3,(H,16,17). The molecule has 3 heteroatoms. The Labute approximate surface area is 103 Å². The molecule has 2 N–H and O–H groups in total. The Morgan fingerprint density at radius 3 is 2.82 bits per heavy atom. The average molecular weight is 232 g/mol. The van der Waals surface area contributed by atoms with E-state index >= 15 is 0 Å². The van der Waals surface area contributed by atoms with E-state index < -0.39 is 0 Å². The van der Waals surface area contributed by atoms with Crippen molar-refractivity contribution in [3.05, 3.63) is 35.9 Å². The molecule has 17 heavy (non-hydrogen) atoms. The second-order valence-electron chi connectivity index (χ2n) is 4.68. The van der Waals surface area contributed by atoms with E-state index in [-0.39, 0.29) is 11.8 Å². The van der Waals surface area contributed by atoms with Crippen molar-refractivity contribution in [3.8, 4) is 0 Å². The number of hydrogen-bond donors (Lipinski definition) is 2. The molecule has 1 aliphatic heterocycles. The lowest BCUT2D eigenvalue weighted by atomic mass is 9.99. The van der Waals surface area contributed by atoms with Gasteiger partial charge in [0.2, 0.25) is 5.91 Å². The Morgan fingerprint density at radius 1 is 1.41 bits per heavy atom. The van der Waals surface area contributed by atoms with Gasteiger partial charge in [0.25, 0.3) is 0 Å². The molecule has 1 fully saturated rings. The van der Waals surface area contributed by atoms with E-state index in [4.69, 9.17) is 0 Å². The van der Waals surface area contributed by atoms with Crippen LogP contribution in [0.15, 0.2) is 30.3 Å². The van der Waals surface area contributed by atoms with Crippen LogP contribution < -0.4 is 10.6 Å². The second-order valence-corrected chi connectivity index (χ2v) is 4.68. The fraction of sp³-hybridized carbons (Fsp3) is 0.500. The SMILES string of the molecule is CC(C(=O)NC1CCCNC1)c1ccccc1. The highest BCUT2D eigenvalue weighted by molar-refractivity contribution is 5.83. The van der Waals surface area contributed by atoms with Crippen LogP contribution in [0.2, 0.25) is 0 Å². The van der Waals surface area contributed by atoms with E-state index in [1.807, 2.05) is 37.3 Å². The molecule has 2 unspecified atom stereocenters. The minimum Gasteiger partial charge on any atom is -0.352 e. The molecule has 2 rings (SSSR count). The third kappa shape index (κ3) is 3.30. The number of carbonyl (C=O) groups excluding carboxylic acids is 1. The lowest BCUT2D eigenvalue weighted by molar-refractivity contribution is -0.123. The van der Waals surface area contributed by atoms with E-state index in [1.165, 1.54) is 0 Å². The third-order valence-corrected chi connectivity index (χ3v) is 3.34. The maximum atomic E-state index is 12.1. The van der Waals surface area contributed by atoms with Gasteiger partial charge < -0.3 is 10.6 Å². The van der Waals surface area contributed by atoms with Gasteiger partial charge in [0.1, 0.15) is 0 Å². The molecule has 1 amide bonds. The van der Waals surface area contributed by atoms with E-state index in [2.05, 4.69) is 10.6 Å². The Morgan fingerprint density at radius 2 is 2.18 bits per heavy atom. The first-order chi connectivity index (χ1) is 8.27. The zero-order chi connectivity index (χ0) is 12.1. The van der Waals surface area contributed by atoms with Crippen molar-refractivity contribution in [1.29, 1.82) is 0 Å². The fourth-order valence-corrected chi connectivity index (χ4v) is 2.19. The number of nitrogens with one attached hydrogen (secondary N) is 2. The third-order valence-electron chi connectivity index (χ3n) is 3.34. The molecule has 92 valence electrons. The molecule has 0 spiro atoms. The van der Waals surface area contributed by atoms with Crippen molar-refractivity contribution < 1.29 is 4.79 Å². The van der Waals surface area contributed by atoms with Gasteiger partial charge in [0.05, 0.1) is 5.92 Å². The number of carbonyl (C=O) groups is 1. The van der Waals surface area contributed by atoms with Gasteiger partial charge in [0, 0.05) is 12.6 Å². The Kier molecular flexibility index (Phi) is 4.15. The van der Waals surface area contributed by atoms with E-state index in [0.29, 0.717) is 6.04 Å². The van der Waals surface area contributed by atoms with Crippen LogP contribution in [0.5, 0.6) is 0 Å². The average Bonchev–Trinajstić information content (AvgIpc) is 2.40. The molecule has 0 saturated carbocycles. The molecule has 0 radical (unpaired) electrons. The number of rotatable bonds is 3. The van der Waals surface area contributed by atoms with Crippen molar-refractivity contribution in [2.45, 2.75) is 31.7 Å². The zero-order valence-electron chi connectivity index (χ0n) is 10.3. The summed E-state index contributed by atoms with van der Waals surface area (Å²) in [5.74, 6) is 0.0584. The molecule has 1 aromatic rings. The minimum atomic E-state index is -0.0712. The number of piperidine rings is 1. The van der Waals surface area contributed by atoms with Crippen molar-refractivity contribution >= 4 is 5.91 Å². The number of hydrogen-bond acceptors (Lipinski definition) is 2. The van der Waals surface area contributed by atoms with Crippen LogP contribution >= 0.6 is 0 Å². The molecule has 2 atom stereocenters. The smallest absolute Gasteiger partial charge is 0.227 e. The molecule has 1 saturated heterocycles. The van der Waals surface area contributed by atoms with Gasteiger partial charge in [0.15, 0.2) is 0 Å². The summed E-state index contributed by atoms with van der Waals surface area (Å²) in [4.78, 5) is 12.1. The van der Waals surface area contributed by atoms with Gasteiger partial charge in [-0.25, -0.2) is 0 Å². The van der Waals surface area contributed by atoms with Crippen molar-refractivity contribution in [2.24, 2.45) is 0 Å².